The van der Waals surface area contributed by atoms with Crippen molar-refractivity contribution in [2.75, 3.05) is 0 Å². The van der Waals surface area contributed by atoms with E-state index < -0.39 is 0 Å². The van der Waals surface area contributed by atoms with Gasteiger partial charge >= 0.3 is 0 Å². The van der Waals surface area contributed by atoms with Gasteiger partial charge in [-0.1, -0.05) is 28.9 Å². The lowest BCUT2D eigenvalue weighted by Crippen LogP contribution is -2.08. The molecule has 62 valence electrons. The Labute approximate surface area is 71.8 Å². The third-order valence-electron chi connectivity index (χ3n) is 2.07. The van der Waals surface area contributed by atoms with Gasteiger partial charge in [-0.15, -0.1) is 0 Å². The van der Waals surface area contributed by atoms with Crippen molar-refractivity contribution in [3.05, 3.63) is 34.9 Å². The van der Waals surface area contributed by atoms with Crippen LogP contribution in [0, 0.1) is 6.92 Å². The summed E-state index contributed by atoms with van der Waals surface area (Å²) in [6.45, 7) is 4.66. The van der Waals surface area contributed by atoms with Gasteiger partial charge in [0.05, 0.1) is 5.71 Å². The molecule has 0 aromatic heterocycles. The first-order valence-electron chi connectivity index (χ1n) is 4.04. The van der Waals surface area contributed by atoms with Gasteiger partial charge in [0.1, 0.15) is 6.61 Å². The van der Waals surface area contributed by atoms with E-state index in [4.69, 9.17) is 4.84 Å². The maximum Gasteiger partial charge on any atom is 0.142 e. The second-order valence-corrected chi connectivity index (χ2v) is 3.11. The summed E-state index contributed by atoms with van der Waals surface area (Å²) in [6, 6.07) is 6.35. The number of hydrogen-bond acceptors (Lipinski definition) is 2. The molecule has 12 heavy (non-hydrogen) atoms. The maximum atomic E-state index is 5.05. The first-order chi connectivity index (χ1) is 5.77. The van der Waals surface area contributed by atoms with Gasteiger partial charge in [0.2, 0.25) is 0 Å². The predicted molar refractivity (Wildman–Crippen MR) is 48.2 cm³/mol. The van der Waals surface area contributed by atoms with Gasteiger partial charge in [-0.3, -0.25) is 0 Å². The fourth-order valence-corrected chi connectivity index (χ4v) is 1.44. The Balaban J connectivity index is 2.56. The van der Waals surface area contributed by atoms with Gasteiger partial charge in [0.25, 0.3) is 0 Å². The fourth-order valence-electron chi connectivity index (χ4n) is 1.44. The van der Waals surface area contributed by atoms with Crippen molar-refractivity contribution in [2.24, 2.45) is 5.16 Å². The first kappa shape index (κ1) is 7.35. The quantitative estimate of drug-likeness (QED) is 0.572. The summed E-state index contributed by atoms with van der Waals surface area (Å²) in [7, 11) is 0. The summed E-state index contributed by atoms with van der Waals surface area (Å²) in [5, 5.41) is 3.92. The normalized spacial score (nSPS) is 14.7. The number of hydrogen-bond donors (Lipinski definition) is 0. The molecule has 0 aliphatic carbocycles. The maximum absolute atomic E-state index is 5.05. The van der Waals surface area contributed by atoms with Crippen molar-refractivity contribution < 1.29 is 4.84 Å². The molecule has 0 spiro atoms. The summed E-state index contributed by atoms with van der Waals surface area (Å²) >= 11 is 0. The van der Waals surface area contributed by atoms with E-state index in [9.17, 15) is 0 Å². The molecule has 2 heteroatoms. The first-order valence-corrected chi connectivity index (χ1v) is 4.04. The Bertz CT molecular complexity index is 342. The van der Waals surface area contributed by atoms with E-state index in [1.54, 1.807) is 0 Å². The van der Waals surface area contributed by atoms with Crippen molar-refractivity contribution in [3.8, 4) is 0 Å². The Morgan fingerprint density at radius 3 is 3.00 bits per heavy atom. The Morgan fingerprint density at radius 2 is 2.17 bits per heavy atom. The molecule has 2 rings (SSSR count). The van der Waals surface area contributed by atoms with Gasteiger partial charge in [-0.25, -0.2) is 0 Å². The molecule has 0 saturated heterocycles. The van der Waals surface area contributed by atoms with E-state index in [1.165, 1.54) is 16.7 Å². The molecule has 0 amide bonds. The minimum atomic E-state index is 0.606. The van der Waals surface area contributed by atoms with Crippen molar-refractivity contribution in [1.29, 1.82) is 0 Å². The molecule has 0 unspecified atom stereocenters. The second kappa shape index (κ2) is 2.63. The zero-order chi connectivity index (χ0) is 8.55. The number of fused-ring (bicyclic) bond motifs is 1. The lowest BCUT2D eigenvalue weighted by atomic mass is 10.0. The lowest BCUT2D eigenvalue weighted by molar-refractivity contribution is 0.126. The molecule has 0 bridgehead atoms. The topological polar surface area (TPSA) is 21.6 Å². The Morgan fingerprint density at radius 1 is 1.33 bits per heavy atom. The molecule has 0 radical (unpaired) electrons. The van der Waals surface area contributed by atoms with Gasteiger partial charge in [0, 0.05) is 11.1 Å². The third-order valence-corrected chi connectivity index (χ3v) is 2.07. The van der Waals surface area contributed by atoms with Crippen LogP contribution in [-0.2, 0) is 11.4 Å². The van der Waals surface area contributed by atoms with Crippen molar-refractivity contribution in [3.63, 3.8) is 0 Å². The van der Waals surface area contributed by atoms with Crippen molar-refractivity contribution in [2.45, 2.75) is 20.5 Å². The van der Waals surface area contributed by atoms with Gasteiger partial charge in [0.15, 0.2) is 0 Å². The fraction of sp³-hybridized carbons (Fsp3) is 0.300. The number of nitrogens with zero attached hydrogens (tertiary/aromatic N) is 1. The highest BCUT2D eigenvalue weighted by atomic mass is 16.6. The van der Waals surface area contributed by atoms with Crippen LogP contribution in [0.5, 0.6) is 0 Å². The molecule has 0 fully saturated rings. The van der Waals surface area contributed by atoms with Crippen molar-refractivity contribution in [1.82, 2.24) is 0 Å². The molecule has 1 aliphatic heterocycles. The van der Waals surface area contributed by atoms with E-state index in [1.807, 2.05) is 6.92 Å². The van der Waals surface area contributed by atoms with Crippen LogP contribution in [0.15, 0.2) is 23.4 Å². The molecule has 2 nitrogen and oxygen atoms in total. The van der Waals surface area contributed by atoms with Crippen molar-refractivity contribution >= 4 is 5.71 Å². The Kier molecular flexibility index (Phi) is 1.61. The summed E-state index contributed by atoms with van der Waals surface area (Å²) in [5.74, 6) is 0. The summed E-state index contributed by atoms with van der Waals surface area (Å²) in [5.41, 5.74) is 4.69. The van der Waals surface area contributed by atoms with Gasteiger partial charge < -0.3 is 4.84 Å². The van der Waals surface area contributed by atoms with E-state index in [-0.39, 0.29) is 0 Å². The zero-order valence-electron chi connectivity index (χ0n) is 7.29. The summed E-state index contributed by atoms with van der Waals surface area (Å²) in [6.07, 6.45) is 0. The summed E-state index contributed by atoms with van der Waals surface area (Å²) in [4.78, 5) is 5.05. The molecule has 0 N–H and O–H groups in total. The molecule has 1 aromatic rings. The van der Waals surface area contributed by atoms with Crippen LogP contribution < -0.4 is 0 Å². The standard InChI is InChI=1S/C10H11NO/c1-7-3-4-10-8(2)11-12-6-9(10)5-7/h3-5H,6H2,1-2H3. The molecular formula is C10H11NO. The third kappa shape index (κ3) is 1.09. The van der Waals surface area contributed by atoms with Gasteiger partial charge in [-0.2, -0.15) is 0 Å². The van der Waals surface area contributed by atoms with Crippen LogP contribution in [0.4, 0.5) is 0 Å². The predicted octanol–water partition coefficient (Wildman–Crippen LogP) is 2.25. The second-order valence-electron chi connectivity index (χ2n) is 3.11. The largest absolute Gasteiger partial charge is 0.391 e. The number of oxime groups is 1. The highest BCUT2D eigenvalue weighted by Crippen LogP contribution is 2.17. The molecule has 0 saturated carbocycles. The van der Waals surface area contributed by atoms with Crippen LogP contribution in [0.25, 0.3) is 0 Å². The molecule has 0 atom stereocenters. The highest BCUT2D eigenvalue weighted by molar-refractivity contribution is 6.00. The van der Waals surface area contributed by atoms with E-state index in [2.05, 4.69) is 30.3 Å². The number of aryl methyl sites for hydroxylation is 1. The lowest BCUT2D eigenvalue weighted by Gasteiger charge is -2.14. The zero-order valence-corrected chi connectivity index (χ0v) is 7.29. The van der Waals surface area contributed by atoms with Crippen LogP contribution >= 0.6 is 0 Å². The minimum Gasteiger partial charge on any atom is -0.391 e. The molecule has 1 aliphatic rings. The van der Waals surface area contributed by atoms with Crippen LogP contribution in [0.3, 0.4) is 0 Å². The monoisotopic (exact) mass is 161 g/mol. The van der Waals surface area contributed by atoms with E-state index in [0.717, 1.165) is 5.71 Å². The number of rotatable bonds is 0. The van der Waals surface area contributed by atoms with Gasteiger partial charge in [-0.05, 0) is 13.8 Å². The van der Waals surface area contributed by atoms with Crippen LogP contribution in [-0.4, -0.2) is 5.71 Å². The average molecular weight is 161 g/mol. The Hall–Kier alpha value is -1.31. The van der Waals surface area contributed by atoms with Crippen LogP contribution in [0.2, 0.25) is 0 Å². The minimum absolute atomic E-state index is 0.606. The van der Waals surface area contributed by atoms with E-state index in [0.29, 0.717) is 6.61 Å². The van der Waals surface area contributed by atoms with Crippen LogP contribution in [0.1, 0.15) is 23.6 Å². The smallest absolute Gasteiger partial charge is 0.142 e. The number of benzene rings is 1. The summed E-state index contributed by atoms with van der Waals surface area (Å²) < 4.78 is 0. The van der Waals surface area contributed by atoms with E-state index >= 15 is 0 Å². The SMILES string of the molecule is CC1=NOCc2cc(C)ccc21. The average Bonchev–Trinajstić information content (AvgIpc) is 2.04. The molecular weight excluding hydrogens is 150 g/mol. The molecule has 1 heterocycles. The molecule has 1 aromatic carbocycles. The highest BCUT2D eigenvalue weighted by Gasteiger charge is 2.10.